The second-order valence-electron chi connectivity index (χ2n) is 4.39. The number of amides is 2. The minimum absolute atomic E-state index is 0.268. The third-order valence-corrected chi connectivity index (χ3v) is 3.94. The third-order valence-electron chi connectivity index (χ3n) is 2.77. The number of methoxy groups -OCH3 is 2. The molecule has 0 aliphatic rings. The second kappa shape index (κ2) is 7.30. The lowest BCUT2D eigenvalue weighted by atomic mass is 10.2. The molecule has 2 rings (SSSR count). The van der Waals surface area contributed by atoms with Gasteiger partial charge >= 0.3 is 11.8 Å². The van der Waals surface area contributed by atoms with E-state index in [1.54, 1.807) is 12.3 Å². The number of aromatic nitrogens is 1. The summed E-state index contributed by atoms with van der Waals surface area (Å²) in [6.07, 6.45) is 0. The van der Waals surface area contributed by atoms with Crippen LogP contribution in [-0.2, 0) is 9.59 Å². The van der Waals surface area contributed by atoms with E-state index in [0.29, 0.717) is 21.7 Å². The average Bonchev–Trinajstić information content (AvgIpc) is 2.93. The first-order valence-electron chi connectivity index (χ1n) is 6.40. The molecule has 0 aliphatic carbocycles. The van der Waals surface area contributed by atoms with Gasteiger partial charge in [0.15, 0.2) is 5.13 Å². The van der Waals surface area contributed by atoms with Crippen molar-refractivity contribution >= 4 is 45.6 Å². The lowest BCUT2D eigenvalue weighted by Gasteiger charge is -2.12. The van der Waals surface area contributed by atoms with Crippen LogP contribution in [0.25, 0.3) is 0 Å². The van der Waals surface area contributed by atoms with Crippen molar-refractivity contribution in [3.05, 3.63) is 28.2 Å². The van der Waals surface area contributed by atoms with Crippen molar-refractivity contribution in [1.82, 2.24) is 4.98 Å². The van der Waals surface area contributed by atoms with Crippen LogP contribution in [0.4, 0.5) is 10.8 Å². The Morgan fingerprint density at radius 1 is 1.13 bits per heavy atom. The van der Waals surface area contributed by atoms with Gasteiger partial charge in [0.2, 0.25) is 0 Å². The molecule has 0 saturated carbocycles. The van der Waals surface area contributed by atoms with Gasteiger partial charge in [-0.25, -0.2) is 4.98 Å². The van der Waals surface area contributed by atoms with Crippen molar-refractivity contribution in [2.75, 3.05) is 24.9 Å². The van der Waals surface area contributed by atoms with Gasteiger partial charge in [-0.15, -0.1) is 11.3 Å². The van der Waals surface area contributed by atoms with Gasteiger partial charge in [0.25, 0.3) is 0 Å². The molecular weight excluding hydrogens is 342 g/mol. The number of hydrogen-bond acceptors (Lipinski definition) is 6. The van der Waals surface area contributed by atoms with E-state index < -0.39 is 11.8 Å². The Morgan fingerprint density at radius 3 is 2.35 bits per heavy atom. The maximum atomic E-state index is 12.0. The van der Waals surface area contributed by atoms with E-state index in [0.717, 1.165) is 5.69 Å². The number of nitrogens with zero attached hydrogens (tertiary/aromatic N) is 1. The van der Waals surface area contributed by atoms with Gasteiger partial charge in [0, 0.05) is 17.5 Å². The molecule has 0 atom stereocenters. The lowest BCUT2D eigenvalue weighted by Crippen LogP contribution is -2.29. The smallest absolute Gasteiger partial charge is 0.315 e. The molecular formula is C14H14ClN3O4S. The number of ether oxygens (including phenoxy) is 2. The molecule has 2 amide bonds. The first-order valence-corrected chi connectivity index (χ1v) is 7.66. The molecule has 9 heteroatoms. The van der Waals surface area contributed by atoms with Crippen LogP contribution in [-0.4, -0.2) is 31.0 Å². The molecule has 1 aromatic carbocycles. The van der Waals surface area contributed by atoms with Crippen molar-refractivity contribution in [3.8, 4) is 11.5 Å². The van der Waals surface area contributed by atoms with Gasteiger partial charge in [-0.2, -0.15) is 0 Å². The fraction of sp³-hybridized carbons (Fsp3) is 0.214. The summed E-state index contributed by atoms with van der Waals surface area (Å²) >= 11 is 7.22. The Labute approximate surface area is 141 Å². The zero-order chi connectivity index (χ0) is 17.0. The van der Waals surface area contributed by atoms with E-state index in [1.165, 1.54) is 37.7 Å². The first kappa shape index (κ1) is 17.0. The fourth-order valence-corrected chi connectivity index (χ4v) is 2.62. The molecule has 0 fully saturated rings. The maximum absolute atomic E-state index is 12.0. The highest BCUT2D eigenvalue weighted by molar-refractivity contribution is 7.14. The molecule has 1 aromatic heterocycles. The quantitative estimate of drug-likeness (QED) is 0.823. The van der Waals surface area contributed by atoms with Crippen LogP contribution in [0.1, 0.15) is 5.69 Å². The van der Waals surface area contributed by atoms with Crippen molar-refractivity contribution < 1.29 is 19.1 Å². The van der Waals surface area contributed by atoms with Crippen LogP contribution in [0, 0.1) is 6.92 Å². The highest BCUT2D eigenvalue weighted by Gasteiger charge is 2.19. The van der Waals surface area contributed by atoms with Gasteiger partial charge < -0.3 is 14.8 Å². The third kappa shape index (κ3) is 4.11. The lowest BCUT2D eigenvalue weighted by molar-refractivity contribution is -0.133. The summed E-state index contributed by atoms with van der Waals surface area (Å²) < 4.78 is 10.2. The van der Waals surface area contributed by atoms with E-state index >= 15 is 0 Å². The summed E-state index contributed by atoms with van der Waals surface area (Å²) in [5, 5.41) is 7.31. The number of nitrogens with one attached hydrogen (secondary N) is 2. The minimum Gasteiger partial charge on any atom is -0.495 e. The van der Waals surface area contributed by atoms with Gasteiger partial charge in [0.05, 0.1) is 30.6 Å². The number of benzene rings is 1. The molecule has 7 nitrogen and oxygen atoms in total. The summed E-state index contributed by atoms with van der Waals surface area (Å²) in [5.74, 6) is -1.04. The number of thiazole rings is 1. The summed E-state index contributed by atoms with van der Waals surface area (Å²) in [4.78, 5) is 28.0. The summed E-state index contributed by atoms with van der Waals surface area (Å²) in [5.41, 5.74) is 1.03. The number of hydrogen-bond donors (Lipinski definition) is 2. The van der Waals surface area contributed by atoms with Crippen LogP contribution in [0.5, 0.6) is 11.5 Å². The molecule has 1 heterocycles. The molecule has 0 aliphatic heterocycles. The predicted molar refractivity (Wildman–Crippen MR) is 88.7 cm³/mol. The summed E-state index contributed by atoms with van der Waals surface area (Å²) in [7, 11) is 2.86. The Hall–Kier alpha value is -2.32. The molecule has 2 N–H and O–H groups in total. The zero-order valence-electron chi connectivity index (χ0n) is 12.6. The molecule has 0 bridgehead atoms. The minimum atomic E-state index is -0.861. The van der Waals surface area contributed by atoms with Gasteiger partial charge in [0.1, 0.15) is 11.5 Å². The van der Waals surface area contributed by atoms with Crippen LogP contribution >= 0.6 is 22.9 Å². The van der Waals surface area contributed by atoms with Gasteiger partial charge in [-0.05, 0) is 6.92 Å². The van der Waals surface area contributed by atoms with Crippen molar-refractivity contribution in [3.63, 3.8) is 0 Å². The predicted octanol–water partition coefficient (Wildman–Crippen LogP) is 2.70. The van der Waals surface area contributed by atoms with Crippen LogP contribution in [0.3, 0.4) is 0 Å². The monoisotopic (exact) mass is 355 g/mol. The van der Waals surface area contributed by atoms with E-state index in [2.05, 4.69) is 15.6 Å². The Morgan fingerprint density at radius 2 is 1.78 bits per heavy atom. The molecule has 23 heavy (non-hydrogen) atoms. The van der Waals surface area contributed by atoms with Crippen molar-refractivity contribution in [2.45, 2.75) is 6.92 Å². The van der Waals surface area contributed by atoms with Gasteiger partial charge in [-0.1, -0.05) is 11.6 Å². The SMILES string of the molecule is COc1cc(NC(=O)C(=O)Nc2nc(C)cs2)c(OC)cc1Cl. The fourth-order valence-electron chi connectivity index (χ4n) is 1.70. The van der Waals surface area contributed by atoms with Crippen LogP contribution < -0.4 is 20.1 Å². The van der Waals surface area contributed by atoms with E-state index in [9.17, 15) is 9.59 Å². The number of halogens is 1. The molecule has 122 valence electrons. The topological polar surface area (TPSA) is 89.5 Å². The first-order chi connectivity index (χ1) is 10.9. The highest BCUT2D eigenvalue weighted by atomic mass is 35.5. The maximum Gasteiger partial charge on any atom is 0.315 e. The molecule has 0 spiro atoms. The number of aryl methyl sites for hydroxylation is 1. The van der Waals surface area contributed by atoms with Crippen LogP contribution in [0.15, 0.2) is 17.5 Å². The van der Waals surface area contributed by atoms with E-state index in [4.69, 9.17) is 21.1 Å². The van der Waals surface area contributed by atoms with Crippen molar-refractivity contribution in [1.29, 1.82) is 0 Å². The standard InChI is InChI=1S/C14H14ClN3O4S/c1-7-6-23-14(16-7)18-13(20)12(19)17-9-5-10(21-2)8(15)4-11(9)22-3/h4-6H,1-3H3,(H,17,19)(H,16,18,20). The largest absolute Gasteiger partial charge is 0.495 e. The summed E-state index contributed by atoms with van der Waals surface area (Å²) in [6, 6.07) is 2.96. The van der Waals surface area contributed by atoms with Crippen LogP contribution in [0.2, 0.25) is 5.02 Å². The van der Waals surface area contributed by atoms with Gasteiger partial charge in [-0.3, -0.25) is 14.9 Å². The van der Waals surface area contributed by atoms with E-state index in [1.807, 2.05) is 0 Å². The average molecular weight is 356 g/mol. The molecule has 2 aromatic rings. The van der Waals surface area contributed by atoms with Crippen molar-refractivity contribution in [2.24, 2.45) is 0 Å². The number of carbonyl (C=O) groups excluding carboxylic acids is 2. The summed E-state index contributed by atoms with van der Waals surface area (Å²) in [6.45, 7) is 1.79. The molecule has 0 unspecified atom stereocenters. The Bertz CT molecular complexity index is 748. The molecule has 0 saturated heterocycles. The zero-order valence-corrected chi connectivity index (χ0v) is 14.2. The Balaban J connectivity index is 2.14. The highest BCUT2D eigenvalue weighted by Crippen LogP contribution is 2.35. The van der Waals surface area contributed by atoms with E-state index in [-0.39, 0.29) is 5.69 Å². The number of rotatable bonds is 4. The molecule has 0 radical (unpaired) electrons. The number of anilines is 2. The number of carbonyl (C=O) groups is 2. The Kier molecular flexibility index (Phi) is 5.41. The normalized spacial score (nSPS) is 10.1. The second-order valence-corrected chi connectivity index (χ2v) is 5.65.